The van der Waals surface area contributed by atoms with Crippen molar-refractivity contribution < 1.29 is 0 Å². The average molecular weight is 109 g/mol. The minimum Gasteiger partial charge on any atom is -0.262 e. The minimum absolute atomic E-state index is 1.02. The van der Waals surface area contributed by atoms with E-state index in [9.17, 15) is 0 Å². The monoisotopic (exact) mass is 109 g/mol. The molecule has 0 rings (SSSR count). The van der Waals surface area contributed by atoms with E-state index >= 15 is 0 Å². The molecule has 0 amide bonds. The molecule has 0 aliphatic heterocycles. The first-order valence-corrected chi connectivity index (χ1v) is 2.59. The molecule has 8 heavy (non-hydrogen) atoms. The molecule has 0 saturated carbocycles. The number of hydrogen-bond acceptors (Lipinski definition) is 1. The molecule has 0 saturated heterocycles. The maximum Gasteiger partial charge on any atom is 0.0330 e. The van der Waals surface area contributed by atoms with Crippen molar-refractivity contribution in [2.45, 2.75) is 13.8 Å². The molecule has 1 heteroatoms. The van der Waals surface area contributed by atoms with Crippen molar-refractivity contribution in [2.24, 2.45) is 4.99 Å². The molecule has 0 aromatic rings. The van der Waals surface area contributed by atoms with Gasteiger partial charge in [0.15, 0.2) is 0 Å². The molecule has 0 atom stereocenters. The molecule has 0 heterocycles. The average Bonchev–Trinajstić information content (AvgIpc) is 1.83. The van der Waals surface area contributed by atoms with E-state index in [1.807, 2.05) is 19.9 Å². The van der Waals surface area contributed by atoms with E-state index in [1.54, 1.807) is 12.3 Å². The lowest BCUT2D eigenvalue weighted by Crippen LogP contribution is -1.66. The Morgan fingerprint density at radius 1 is 1.62 bits per heavy atom. The second-order valence-corrected chi connectivity index (χ2v) is 1.44. The molecular formula is C7H11N. The molecule has 0 N–H and O–H groups in total. The van der Waals surface area contributed by atoms with E-state index in [2.05, 4.69) is 11.6 Å². The van der Waals surface area contributed by atoms with Gasteiger partial charge in [0.1, 0.15) is 0 Å². The van der Waals surface area contributed by atoms with Crippen molar-refractivity contribution in [3.63, 3.8) is 0 Å². The van der Waals surface area contributed by atoms with Crippen molar-refractivity contribution in [2.75, 3.05) is 0 Å². The van der Waals surface area contributed by atoms with Gasteiger partial charge in [0, 0.05) is 11.9 Å². The fourth-order valence-corrected chi connectivity index (χ4v) is 0.245. The highest BCUT2D eigenvalue weighted by Gasteiger charge is 1.71. The van der Waals surface area contributed by atoms with E-state index in [0.717, 1.165) is 5.70 Å². The zero-order valence-corrected chi connectivity index (χ0v) is 5.39. The van der Waals surface area contributed by atoms with Gasteiger partial charge >= 0.3 is 0 Å². The van der Waals surface area contributed by atoms with E-state index in [4.69, 9.17) is 0 Å². The van der Waals surface area contributed by atoms with E-state index in [0.29, 0.717) is 0 Å². The van der Waals surface area contributed by atoms with Crippen LogP contribution in [0.2, 0.25) is 0 Å². The third kappa shape index (κ3) is 3.34. The number of allylic oxidation sites excluding steroid dienone is 3. The molecule has 0 aliphatic rings. The number of aliphatic imine (C=N–C) groups is 1. The van der Waals surface area contributed by atoms with Crippen molar-refractivity contribution >= 4 is 6.21 Å². The molecule has 0 aromatic carbocycles. The largest absolute Gasteiger partial charge is 0.262 e. The van der Waals surface area contributed by atoms with Crippen LogP contribution < -0.4 is 0 Å². The lowest BCUT2D eigenvalue weighted by Gasteiger charge is -1.82. The summed E-state index contributed by atoms with van der Waals surface area (Å²) < 4.78 is 0. The van der Waals surface area contributed by atoms with Gasteiger partial charge in [0.2, 0.25) is 0 Å². The molecule has 0 radical (unpaired) electrons. The van der Waals surface area contributed by atoms with Crippen LogP contribution in [0.1, 0.15) is 13.8 Å². The van der Waals surface area contributed by atoms with Crippen LogP contribution in [0.25, 0.3) is 0 Å². The van der Waals surface area contributed by atoms with E-state index in [1.165, 1.54) is 0 Å². The van der Waals surface area contributed by atoms with Crippen LogP contribution >= 0.6 is 0 Å². The summed E-state index contributed by atoms with van der Waals surface area (Å²) in [5.74, 6) is 0. The number of nitrogens with zero attached hydrogens (tertiary/aromatic N) is 1. The number of hydrogen-bond donors (Lipinski definition) is 0. The molecule has 0 fully saturated rings. The van der Waals surface area contributed by atoms with Crippen LogP contribution in [0, 0.1) is 0 Å². The molecule has 0 bridgehead atoms. The van der Waals surface area contributed by atoms with Crippen LogP contribution in [-0.2, 0) is 0 Å². The van der Waals surface area contributed by atoms with Crippen molar-refractivity contribution in [1.82, 2.24) is 0 Å². The molecule has 0 unspecified atom stereocenters. The summed E-state index contributed by atoms with van der Waals surface area (Å²) in [5.41, 5.74) is 1.02. The van der Waals surface area contributed by atoms with Crippen LogP contribution in [-0.4, -0.2) is 6.21 Å². The first-order chi connectivity index (χ1) is 3.81. The molecular weight excluding hydrogens is 98.1 g/mol. The summed E-state index contributed by atoms with van der Waals surface area (Å²) in [6, 6.07) is 0. The summed E-state index contributed by atoms with van der Waals surface area (Å²) in [4.78, 5) is 3.98. The van der Waals surface area contributed by atoms with Gasteiger partial charge in [0.25, 0.3) is 0 Å². The van der Waals surface area contributed by atoms with Gasteiger partial charge < -0.3 is 0 Å². The predicted molar refractivity (Wildman–Crippen MR) is 38.1 cm³/mol. The quantitative estimate of drug-likeness (QED) is 0.482. The summed E-state index contributed by atoms with van der Waals surface area (Å²) in [5, 5.41) is 0. The Kier molecular flexibility index (Phi) is 3.85. The highest BCUT2D eigenvalue weighted by molar-refractivity contribution is 5.71. The molecule has 1 nitrogen and oxygen atoms in total. The van der Waals surface area contributed by atoms with Crippen molar-refractivity contribution in [1.29, 1.82) is 0 Å². The van der Waals surface area contributed by atoms with Crippen LogP contribution in [0.15, 0.2) is 29.4 Å². The normalized spacial score (nSPS) is 12.5. The molecule has 0 aliphatic carbocycles. The fraction of sp³-hybridized carbons (Fsp3) is 0.286. The van der Waals surface area contributed by atoms with E-state index < -0.39 is 0 Å². The Morgan fingerprint density at radius 2 is 2.25 bits per heavy atom. The lowest BCUT2D eigenvalue weighted by molar-refractivity contribution is 1.30. The zero-order valence-electron chi connectivity index (χ0n) is 5.39. The zero-order chi connectivity index (χ0) is 6.41. The summed E-state index contributed by atoms with van der Waals surface area (Å²) in [6.45, 7) is 7.39. The van der Waals surface area contributed by atoms with E-state index in [-0.39, 0.29) is 0 Å². The highest BCUT2D eigenvalue weighted by Crippen LogP contribution is 1.89. The summed E-state index contributed by atoms with van der Waals surface area (Å²) >= 11 is 0. The summed E-state index contributed by atoms with van der Waals surface area (Å²) in [7, 11) is 0. The fourth-order valence-electron chi connectivity index (χ4n) is 0.245. The second kappa shape index (κ2) is 4.31. The smallest absolute Gasteiger partial charge is 0.0330 e. The topological polar surface area (TPSA) is 12.4 Å². The first kappa shape index (κ1) is 7.15. The van der Waals surface area contributed by atoms with Gasteiger partial charge in [-0.2, -0.15) is 0 Å². The van der Waals surface area contributed by atoms with Gasteiger partial charge in [-0.3, -0.25) is 4.99 Å². The molecule has 0 spiro atoms. The Labute approximate surface area is 50.4 Å². The van der Waals surface area contributed by atoms with Gasteiger partial charge in [-0.25, -0.2) is 0 Å². The SMILES string of the molecule is C=CC=N/C(C)=C/C. The second-order valence-electron chi connectivity index (χ2n) is 1.44. The van der Waals surface area contributed by atoms with Crippen LogP contribution in [0.5, 0.6) is 0 Å². The lowest BCUT2D eigenvalue weighted by atomic mass is 10.5. The Bertz CT molecular complexity index is 120. The molecule has 0 aromatic heterocycles. The Morgan fingerprint density at radius 3 is 2.62 bits per heavy atom. The standard InChI is InChI=1S/C7H11N/c1-4-6-8-7(3)5-2/h4-6H,1H2,2-3H3/b7-5+,8-6?. The first-order valence-electron chi connectivity index (χ1n) is 2.59. The van der Waals surface area contributed by atoms with Crippen LogP contribution in [0.4, 0.5) is 0 Å². The van der Waals surface area contributed by atoms with Crippen LogP contribution in [0.3, 0.4) is 0 Å². The van der Waals surface area contributed by atoms with Crippen molar-refractivity contribution in [3.8, 4) is 0 Å². The van der Waals surface area contributed by atoms with Gasteiger partial charge in [-0.1, -0.05) is 18.7 Å². The van der Waals surface area contributed by atoms with Gasteiger partial charge in [-0.05, 0) is 13.8 Å². The maximum absolute atomic E-state index is 3.98. The Hall–Kier alpha value is -0.850. The third-order valence-electron chi connectivity index (χ3n) is 0.801. The number of rotatable bonds is 2. The molecule has 44 valence electrons. The predicted octanol–water partition coefficient (Wildman–Crippen LogP) is 2.17. The third-order valence-corrected chi connectivity index (χ3v) is 0.801. The van der Waals surface area contributed by atoms with Gasteiger partial charge in [-0.15, -0.1) is 0 Å². The Balaban J connectivity index is 3.69. The highest BCUT2D eigenvalue weighted by atomic mass is 14.7. The van der Waals surface area contributed by atoms with Crippen molar-refractivity contribution in [3.05, 3.63) is 24.4 Å². The minimum atomic E-state index is 1.02. The van der Waals surface area contributed by atoms with Gasteiger partial charge in [0.05, 0.1) is 0 Å². The summed E-state index contributed by atoms with van der Waals surface area (Å²) in [6.07, 6.45) is 5.28. The maximum atomic E-state index is 3.98.